The van der Waals surface area contributed by atoms with Gasteiger partial charge >= 0.3 is 0 Å². The summed E-state index contributed by atoms with van der Waals surface area (Å²) in [5.41, 5.74) is 3.41. The number of rotatable bonds is 8. The van der Waals surface area contributed by atoms with E-state index in [9.17, 15) is 4.79 Å². The van der Waals surface area contributed by atoms with Gasteiger partial charge in [0.1, 0.15) is 0 Å². The lowest BCUT2D eigenvalue weighted by Crippen LogP contribution is -2.32. The number of hydrogen-bond donors (Lipinski definition) is 0. The molecular formula is C26H27Cl2NO. The molecule has 2 nitrogen and oxygen atoms in total. The minimum Gasteiger partial charge on any atom is -0.345 e. The second kappa shape index (κ2) is 10.7. The van der Waals surface area contributed by atoms with Crippen molar-refractivity contribution in [2.45, 2.75) is 31.6 Å². The molecule has 4 heteroatoms. The fourth-order valence-electron chi connectivity index (χ4n) is 3.80. The molecule has 156 valence electrons. The molecule has 0 aliphatic heterocycles. The van der Waals surface area contributed by atoms with Crippen LogP contribution in [0.3, 0.4) is 0 Å². The zero-order valence-corrected chi connectivity index (χ0v) is 18.9. The van der Waals surface area contributed by atoms with Crippen LogP contribution in [0.2, 0.25) is 10.0 Å². The third kappa shape index (κ3) is 5.65. The van der Waals surface area contributed by atoms with E-state index in [1.54, 1.807) is 0 Å². The average Bonchev–Trinajstić information content (AvgIpc) is 2.78. The summed E-state index contributed by atoms with van der Waals surface area (Å²) in [5, 5.41) is 1.10. The lowest BCUT2D eigenvalue weighted by atomic mass is 9.88. The van der Waals surface area contributed by atoms with Gasteiger partial charge in [-0.2, -0.15) is 0 Å². The second-order valence-electron chi connectivity index (χ2n) is 7.63. The van der Waals surface area contributed by atoms with Crippen LogP contribution < -0.4 is 0 Å². The molecule has 0 aromatic heterocycles. The zero-order chi connectivity index (χ0) is 21.5. The number of amides is 1. The highest BCUT2D eigenvalue weighted by Gasteiger charge is 2.22. The molecular weight excluding hydrogens is 413 g/mol. The topological polar surface area (TPSA) is 20.3 Å². The van der Waals surface area contributed by atoms with Gasteiger partial charge < -0.3 is 4.90 Å². The minimum absolute atomic E-state index is 0.0346. The molecule has 3 rings (SSSR count). The van der Waals surface area contributed by atoms with Gasteiger partial charge in [-0.1, -0.05) is 96.9 Å². The predicted octanol–water partition coefficient (Wildman–Crippen LogP) is 7.17. The van der Waals surface area contributed by atoms with Gasteiger partial charge in [-0.3, -0.25) is 4.79 Å². The average molecular weight is 440 g/mol. The van der Waals surface area contributed by atoms with Crippen LogP contribution in [-0.2, 0) is 4.79 Å². The van der Waals surface area contributed by atoms with Gasteiger partial charge in [0.25, 0.3) is 0 Å². The largest absolute Gasteiger partial charge is 0.345 e. The van der Waals surface area contributed by atoms with E-state index >= 15 is 0 Å². The van der Waals surface area contributed by atoms with Crippen molar-refractivity contribution >= 4 is 29.1 Å². The molecule has 0 bridgehead atoms. The highest BCUT2D eigenvalue weighted by atomic mass is 35.5. The Morgan fingerprint density at radius 2 is 1.40 bits per heavy atom. The van der Waals surface area contributed by atoms with Gasteiger partial charge in [0.15, 0.2) is 0 Å². The first kappa shape index (κ1) is 22.4. The van der Waals surface area contributed by atoms with Gasteiger partial charge in [0.2, 0.25) is 5.91 Å². The summed E-state index contributed by atoms with van der Waals surface area (Å²) in [7, 11) is 1.88. The predicted molar refractivity (Wildman–Crippen MR) is 126 cm³/mol. The molecule has 3 aromatic carbocycles. The Labute approximate surface area is 189 Å². The highest BCUT2D eigenvalue weighted by molar-refractivity contribution is 6.42. The van der Waals surface area contributed by atoms with Crippen LogP contribution in [0.4, 0.5) is 0 Å². The van der Waals surface area contributed by atoms with Crippen LogP contribution in [0.1, 0.15) is 48.3 Å². The van der Waals surface area contributed by atoms with Gasteiger partial charge in [-0.15, -0.1) is 0 Å². The summed E-state index contributed by atoms with van der Waals surface area (Å²) in [5.74, 6) is 0.374. The fraction of sp³-hybridized carbons (Fsp3) is 0.269. The summed E-state index contributed by atoms with van der Waals surface area (Å²) in [6, 6.07) is 26.2. The first-order valence-electron chi connectivity index (χ1n) is 10.3. The molecule has 0 aliphatic carbocycles. The fourth-order valence-corrected chi connectivity index (χ4v) is 4.10. The maximum atomic E-state index is 13.2. The Morgan fingerprint density at radius 1 is 0.833 bits per heavy atom. The van der Waals surface area contributed by atoms with Crippen molar-refractivity contribution in [3.8, 4) is 0 Å². The smallest absolute Gasteiger partial charge is 0.223 e. The van der Waals surface area contributed by atoms with E-state index in [4.69, 9.17) is 23.2 Å². The van der Waals surface area contributed by atoms with Crippen molar-refractivity contribution in [3.63, 3.8) is 0 Å². The van der Waals surface area contributed by atoms with E-state index in [1.807, 2.05) is 66.5 Å². The molecule has 0 radical (unpaired) electrons. The minimum atomic E-state index is 0.0346. The summed E-state index contributed by atoms with van der Waals surface area (Å²) in [6.45, 7) is 2.77. The second-order valence-corrected chi connectivity index (χ2v) is 8.45. The lowest BCUT2D eigenvalue weighted by molar-refractivity contribution is -0.130. The Kier molecular flexibility index (Phi) is 7.95. The van der Waals surface area contributed by atoms with E-state index in [-0.39, 0.29) is 17.7 Å². The number of halogens is 2. The van der Waals surface area contributed by atoms with Crippen molar-refractivity contribution in [2.75, 3.05) is 13.6 Å². The number of likely N-dealkylation sites (N-methyl/N-ethyl adjacent to an activating group) is 1. The van der Waals surface area contributed by atoms with E-state index in [2.05, 4.69) is 31.2 Å². The van der Waals surface area contributed by atoms with Crippen LogP contribution >= 0.6 is 23.2 Å². The summed E-state index contributed by atoms with van der Waals surface area (Å²) < 4.78 is 0. The van der Waals surface area contributed by atoms with Gasteiger partial charge in [-0.05, 0) is 35.2 Å². The molecule has 30 heavy (non-hydrogen) atoms. The third-order valence-corrected chi connectivity index (χ3v) is 6.35. The van der Waals surface area contributed by atoms with Crippen molar-refractivity contribution in [3.05, 3.63) is 106 Å². The molecule has 0 aliphatic rings. The Morgan fingerprint density at radius 3 is 1.90 bits per heavy atom. The Bertz CT molecular complexity index is 920. The van der Waals surface area contributed by atoms with Crippen LogP contribution in [0.25, 0.3) is 0 Å². The van der Waals surface area contributed by atoms with E-state index in [0.717, 1.165) is 23.1 Å². The van der Waals surface area contributed by atoms with E-state index in [1.165, 1.54) is 0 Å². The quantitative estimate of drug-likeness (QED) is 0.364. The number of carbonyl (C=O) groups is 1. The lowest BCUT2D eigenvalue weighted by Gasteiger charge is -2.26. The van der Waals surface area contributed by atoms with Gasteiger partial charge in [0, 0.05) is 31.8 Å². The number of hydrogen-bond acceptors (Lipinski definition) is 1. The highest BCUT2D eigenvalue weighted by Crippen LogP contribution is 2.31. The molecule has 0 heterocycles. The maximum Gasteiger partial charge on any atom is 0.223 e. The Hall–Kier alpha value is -2.29. The molecule has 0 N–H and O–H groups in total. The number of nitrogens with zero attached hydrogens (tertiary/aromatic N) is 1. The zero-order valence-electron chi connectivity index (χ0n) is 17.4. The van der Waals surface area contributed by atoms with Crippen LogP contribution in [0, 0.1) is 0 Å². The first-order chi connectivity index (χ1) is 14.5. The summed E-state index contributed by atoms with van der Waals surface area (Å²) in [4.78, 5) is 15.0. The molecule has 1 atom stereocenters. The van der Waals surface area contributed by atoms with Crippen LogP contribution in [0.15, 0.2) is 78.9 Å². The van der Waals surface area contributed by atoms with Crippen molar-refractivity contribution in [1.29, 1.82) is 0 Å². The van der Waals surface area contributed by atoms with Crippen LogP contribution in [-0.4, -0.2) is 24.4 Å². The summed E-state index contributed by atoms with van der Waals surface area (Å²) in [6.07, 6.45) is 1.35. The molecule has 1 unspecified atom stereocenters. The Balaban J connectivity index is 1.75. The van der Waals surface area contributed by atoms with Gasteiger partial charge in [-0.25, -0.2) is 0 Å². The normalized spacial score (nSPS) is 12.0. The SMILES string of the molecule is CCC(CN(C)C(=O)CC(c1ccccc1)c1ccccc1)c1ccc(Cl)c(Cl)c1. The standard InChI is InChI=1S/C26H27Cl2NO/c1-3-19(22-14-15-24(27)25(28)16-22)18-29(2)26(30)17-23(20-10-6-4-7-11-20)21-12-8-5-9-13-21/h4-16,19,23H,3,17-18H2,1-2H3. The van der Waals surface area contributed by atoms with Crippen molar-refractivity contribution < 1.29 is 4.79 Å². The molecule has 0 saturated heterocycles. The first-order valence-corrected chi connectivity index (χ1v) is 11.0. The van der Waals surface area contributed by atoms with Crippen molar-refractivity contribution in [2.24, 2.45) is 0 Å². The summed E-state index contributed by atoms with van der Waals surface area (Å²) >= 11 is 12.3. The molecule has 0 spiro atoms. The van der Waals surface area contributed by atoms with Gasteiger partial charge in [0.05, 0.1) is 10.0 Å². The molecule has 3 aromatic rings. The van der Waals surface area contributed by atoms with Crippen LogP contribution in [0.5, 0.6) is 0 Å². The molecule has 1 amide bonds. The number of carbonyl (C=O) groups excluding carboxylic acids is 1. The monoisotopic (exact) mass is 439 g/mol. The van der Waals surface area contributed by atoms with Crippen molar-refractivity contribution in [1.82, 2.24) is 4.90 Å². The molecule has 0 fully saturated rings. The maximum absolute atomic E-state index is 13.2. The van der Waals surface area contributed by atoms with E-state index < -0.39 is 0 Å². The molecule has 0 saturated carbocycles. The van der Waals surface area contributed by atoms with E-state index in [0.29, 0.717) is 23.0 Å². The number of benzene rings is 3. The third-order valence-electron chi connectivity index (χ3n) is 5.61.